The summed E-state index contributed by atoms with van der Waals surface area (Å²) in [5, 5.41) is 2.45. The molecular formula is C7H7N2O2. The molecule has 0 aliphatic rings. The van der Waals surface area contributed by atoms with Crippen LogP contribution in [0.15, 0.2) is 18.3 Å². The molecule has 1 aromatic rings. The number of pyridine rings is 1. The Morgan fingerprint density at radius 2 is 2.64 bits per heavy atom. The molecule has 0 saturated carbocycles. The highest BCUT2D eigenvalue weighted by Crippen LogP contribution is 2.01. The molecule has 1 radical (unpaired) electrons. The zero-order valence-electron chi connectivity index (χ0n) is 6.00. The van der Waals surface area contributed by atoms with Gasteiger partial charge in [-0.2, -0.15) is 0 Å². The van der Waals surface area contributed by atoms with E-state index in [9.17, 15) is 4.79 Å². The lowest BCUT2D eigenvalue weighted by atomic mass is 10.4. The van der Waals surface area contributed by atoms with Crippen molar-refractivity contribution in [3.63, 3.8) is 0 Å². The van der Waals surface area contributed by atoms with Crippen LogP contribution in [0.3, 0.4) is 0 Å². The van der Waals surface area contributed by atoms with Gasteiger partial charge in [-0.05, 0) is 12.1 Å². The normalized spacial score (nSPS) is 8.82. The Balaban J connectivity index is 2.58. The molecule has 0 saturated heterocycles. The summed E-state index contributed by atoms with van der Waals surface area (Å²) in [6, 6.07) is 3.27. The van der Waals surface area contributed by atoms with Gasteiger partial charge in [-0.1, -0.05) is 0 Å². The lowest BCUT2D eigenvalue weighted by Crippen LogP contribution is -2.10. The van der Waals surface area contributed by atoms with Crippen LogP contribution in [0.1, 0.15) is 0 Å². The third kappa shape index (κ3) is 2.25. The fourth-order valence-electron chi connectivity index (χ4n) is 0.563. The minimum absolute atomic E-state index is 0.502. The maximum atomic E-state index is 10.6. The van der Waals surface area contributed by atoms with Gasteiger partial charge in [0.05, 0.1) is 25.2 Å². The molecule has 0 unspecified atom stereocenters. The fraction of sp³-hybridized carbons (Fsp3) is 0.143. The number of amides is 1. The molecule has 0 fully saturated rings. The highest BCUT2D eigenvalue weighted by molar-refractivity contribution is 5.83. The molecule has 0 atom stereocenters. The number of carbonyl (C=O) groups excluding carboxylic acids is 1. The molecule has 0 bridgehead atoms. The maximum absolute atomic E-state index is 10.6. The summed E-state index contributed by atoms with van der Waals surface area (Å²) in [4.78, 5) is 14.3. The Hall–Kier alpha value is -1.58. The predicted molar refractivity (Wildman–Crippen MR) is 39.1 cm³/mol. The SMILES string of the molecule is COC(=O)Nc1cc[c]nc1. The second-order valence-corrected chi connectivity index (χ2v) is 1.79. The van der Waals surface area contributed by atoms with Crippen molar-refractivity contribution in [3.05, 3.63) is 24.5 Å². The number of rotatable bonds is 1. The van der Waals surface area contributed by atoms with Crippen LogP contribution in [-0.2, 0) is 4.74 Å². The highest BCUT2D eigenvalue weighted by atomic mass is 16.5. The first-order valence-corrected chi connectivity index (χ1v) is 3.00. The average molecular weight is 151 g/mol. The molecule has 1 N–H and O–H groups in total. The molecule has 4 heteroatoms. The summed E-state index contributed by atoms with van der Waals surface area (Å²) >= 11 is 0. The number of ether oxygens (including phenoxy) is 1. The van der Waals surface area contributed by atoms with Crippen molar-refractivity contribution in [1.82, 2.24) is 4.98 Å². The van der Waals surface area contributed by atoms with E-state index < -0.39 is 6.09 Å². The lowest BCUT2D eigenvalue weighted by Gasteiger charge is -2.00. The summed E-state index contributed by atoms with van der Waals surface area (Å²) in [7, 11) is 1.30. The van der Waals surface area contributed by atoms with Gasteiger partial charge in [0.15, 0.2) is 0 Å². The van der Waals surface area contributed by atoms with Crippen LogP contribution in [0.2, 0.25) is 0 Å². The molecule has 1 aromatic heterocycles. The van der Waals surface area contributed by atoms with Gasteiger partial charge >= 0.3 is 6.09 Å². The lowest BCUT2D eigenvalue weighted by molar-refractivity contribution is 0.187. The summed E-state index contributed by atoms with van der Waals surface area (Å²) in [6.07, 6.45) is 3.56. The van der Waals surface area contributed by atoms with Crippen LogP contribution in [0.4, 0.5) is 10.5 Å². The summed E-state index contributed by atoms with van der Waals surface area (Å²) < 4.78 is 4.37. The van der Waals surface area contributed by atoms with Crippen LogP contribution < -0.4 is 5.32 Å². The van der Waals surface area contributed by atoms with Gasteiger partial charge in [-0.15, -0.1) is 0 Å². The van der Waals surface area contributed by atoms with E-state index in [1.165, 1.54) is 13.3 Å². The standard InChI is InChI=1S/C7H7N2O2/c1-11-7(10)9-6-3-2-4-8-5-6/h2-3,5H,1H3,(H,9,10). The third-order valence-electron chi connectivity index (χ3n) is 1.05. The van der Waals surface area contributed by atoms with E-state index in [1.54, 1.807) is 12.1 Å². The highest BCUT2D eigenvalue weighted by Gasteiger charge is 1.97. The second kappa shape index (κ2) is 3.55. The molecule has 4 nitrogen and oxygen atoms in total. The molecule has 57 valence electrons. The van der Waals surface area contributed by atoms with Crippen molar-refractivity contribution >= 4 is 11.8 Å². The molecular weight excluding hydrogens is 144 g/mol. The smallest absolute Gasteiger partial charge is 0.411 e. The third-order valence-corrected chi connectivity index (χ3v) is 1.05. The zero-order valence-corrected chi connectivity index (χ0v) is 6.00. The molecule has 1 heterocycles. The first-order chi connectivity index (χ1) is 5.33. The van der Waals surface area contributed by atoms with Crippen LogP contribution in [0, 0.1) is 6.20 Å². The Labute approximate surface area is 64.2 Å². The minimum Gasteiger partial charge on any atom is -0.453 e. The van der Waals surface area contributed by atoms with Crippen LogP contribution >= 0.6 is 0 Å². The summed E-state index contributed by atoms with van der Waals surface area (Å²) in [5.74, 6) is 0. The van der Waals surface area contributed by atoms with Crippen molar-refractivity contribution in [2.45, 2.75) is 0 Å². The Morgan fingerprint density at radius 1 is 1.82 bits per heavy atom. The zero-order chi connectivity index (χ0) is 8.10. The Morgan fingerprint density at radius 3 is 3.18 bits per heavy atom. The Kier molecular flexibility index (Phi) is 2.43. The van der Waals surface area contributed by atoms with Gasteiger partial charge in [0.25, 0.3) is 0 Å². The van der Waals surface area contributed by atoms with E-state index in [0.717, 1.165) is 0 Å². The molecule has 0 aliphatic heterocycles. The van der Waals surface area contributed by atoms with Gasteiger partial charge < -0.3 is 4.74 Å². The number of hydrogen-bond donors (Lipinski definition) is 1. The van der Waals surface area contributed by atoms with E-state index in [-0.39, 0.29) is 0 Å². The van der Waals surface area contributed by atoms with Gasteiger partial charge in [-0.3, -0.25) is 10.3 Å². The van der Waals surface area contributed by atoms with Gasteiger partial charge in [0.1, 0.15) is 0 Å². The average Bonchev–Trinajstić information content (AvgIpc) is 2.06. The van der Waals surface area contributed by atoms with Crippen molar-refractivity contribution in [2.75, 3.05) is 12.4 Å². The largest absolute Gasteiger partial charge is 0.453 e. The second-order valence-electron chi connectivity index (χ2n) is 1.79. The van der Waals surface area contributed by atoms with Gasteiger partial charge in [0, 0.05) is 0 Å². The van der Waals surface area contributed by atoms with Crippen LogP contribution in [0.5, 0.6) is 0 Å². The van der Waals surface area contributed by atoms with Crippen molar-refractivity contribution in [1.29, 1.82) is 0 Å². The number of nitrogens with zero attached hydrogens (tertiary/aromatic N) is 1. The Bertz CT molecular complexity index is 235. The maximum Gasteiger partial charge on any atom is 0.411 e. The van der Waals surface area contributed by atoms with Crippen molar-refractivity contribution in [3.8, 4) is 0 Å². The van der Waals surface area contributed by atoms with E-state index in [1.807, 2.05) is 0 Å². The van der Waals surface area contributed by atoms with E-state index >= 15 is 0 Å². The van der Waals surface area contributed by atoms with Gasteiger partial charge in [-0.25, -0.2) is 4.79 Å². The first-order valence-electron chi connectivity index (χ1n) is 3.00. The number of hydrogen-bond acceptors (Lipinski definition) is 3. The van der Waals surface area contributed by atoms with Crippen molar-refractivity contribution < 1.29 is 9.53 Å². The number of aromatic nitrogens is 1. The van der Waals surface area contributed by atoms with Crippen LogP contribution in [0.25, 0.3) is 0 Å². The number of methoxy groups -OCH3 is 1. The van der Waals surface area contributed by atoms with E-state index in [4.69, 9.17) is 0 Å². The molecule has 1 rings (SSSR count). The fourth-order valence-corrected chi connectivity index (χ4v) is 0.563. The molecule has 0 aliphatic carbocycles. The topological polar surface area (TPSA) is 51.2 Å². The van der Waals surface area contributed by atoms with Gasteiger partial charge in [0.2, 0.25) is 0 Å². The monoisotopic (exact) mass is 151 g/mol. The predicted octanol–water partition coefficient (Wildman–Crippen LogP) is 1.06. The molecule has 11 heavy (non-hydrogen) atoms. The number of carbonyl (C=O) groups is 1. The molecule has 0 spiro atoms. The quantitative estimate of drug-likeness (QED) is 0.652. The van der Waals surface area contributed by atoms with E-state index in [0.29, 0.717) is 5.69 Å². The summed E-state index contributed by atoms with van der Waals surface area (Å²) in [6.45, 7) is 0. The first kappa shape index (κ1) is 7.53. The summed E-state index contributed by atoms with van der Waals surface area (Å²) in [5.41, 5.74) is 0.593. The number of anilines is 1. The minimum atomic E-state index is -0.502. The molecule has 1 amide bonds. The van der Waals surface area contributed by atoms with Crippen molar-refractivity contribution in [2.24, 2.45) is 0 Å². The van der Waals surface area contributed by atoms with E-state index in [2.05, 4.69) is 21.2 Å². The van der Waals surface area contributed by atoms with Crippen LogP contribution in [-0.4, -0.2) is 18.2 Å². The number of nitrogens with one attached hydrogen (secondary N) is 1. The molecule has 0 aromatic carbocycles.